The van der Waals surface area contributed by atoms with Gasteiger partial charge in [0.15, 0.2) is 8.32 Å². The van der Waals surface area contributed by atoms with Crippen molar-refractivity contribution in [1.82, 2.24) is 0 Å². The highest BCUT2D eigenvalue weighted by Gasteiger charge is 2.39. The zero-order chi connectivity index (χ0) is 17.7. The summed E-state index contributed by atoms with van der Waals surface area (Å²) in [5.41, 5.74) is -0.411. The van der Waals surface area contributed by atoms with E-state index in [0.29, 0.717) is 0 Å². The Morgan fingerprint density at radius 2 is 1.64 bits per heavy atom. The van der Waals surface area contributed by atoms with Gasteiger partial charge in [-0.1, -0.05) is 48.5 Å². The lowest BCUT2D eigenvalue weighted by atomic mass is 9.77. The number of halogens is 1. The summed E-state index contributed by atoms with van der Waals surface area (Å²) in [6, 6.07) is 0. The summed E-state index contributed by atoms with van der Waals surface area (Å²) in [4.78, 5) is 0.911. The molecule has 0 radical (unpaired) electrons. The second-order valence-corrected chi connectivity index (χ2v) is 14.2. The first-order valence-electron chi connectivity index (χ1n) is 8.04. The van der Waals surface area contributed by atoms with Crippen molar-refractivity contribution in [2.45, 2.75) is 79.5 Å². The lowest BCUT2D eigenvalue weighted by Crippen LogP contribution is -2.47. The summed E-state index contributed by atoms with van der Waals surface area (Å²) in [5, 5.41) is 0. The molecule has 0 aromatic heterocycles. The predicted molar refractivity (Wildman–Crippen MR) is 104 cm³/mol. The summed E-state index contributed by atoms with van der Waals surface area (Å²) in [7, 11) is -1.79. The summed E-state index contributed by atoms with van der Waals surface area (Å²) >= 11 is 3.61. The van der Waals surface area contributed by atoms with Crippen LogP contribution in [0.25, 0.3) is 0 Å². The molecule has 1 unspecified atom stereocenters. The first kappa shape index (κ1) is 21.8. The van der Waals surface area contributed by atoms with Crippen LogP contribution in [0.3, 0.4) is 0 Å². The van der Waals surface area contributed by atoms with E-state index in [-0.39, 0.29) is 10.8 Å². The molecule has 0 saturated carbocycles. The van der Waals surface area contributed by atoms with E-state index >= 15 is 0 Å². The number of hydrogen-bond acceptors (Lipinski definition) is 1. The van der Waals surface area contributed by atoms with Crippen LogP contribution < -0.4 is 0 Å². The number of hydrogen-bond donors (Lipinski definition) is 0. The summed E-state index contributed by atoms with van der Waals surface area (Å²) in [6.07, 6.45) is 8.04. The molecule has 0 amide bonds. The SMILES string of the molecule is C#CCC(C)(C)CC(C#CC(C)(C)C)(CC)O[Si](C)(C)CBr. The van der Waals surface area contributed by atoms with Gasteiger partial charge in [0.1, 0.15) is 5.60 Å². The molecule has 3 heteroatoms. The molecule has 0 N–H and O–H groups in total. The van der Waals surface area contributed by atoms with Crippen LogP contribution >= 0.6 is 15.9 Å². The van der Waals surface area contributed by atoms with Crippen LogP contribution in [0.15, 0.2) is 0 Å². The molecule has 126 valence electrons. The van der Waals surface area contributed by atoms with Crippen molar-refractivity contribution in [3.05, 3.63) is 0 Å². The molecule has 22 heavy (non-hydrogen) atoms. The average Bonchev–Trinajstić information content (AvgIpc) is 2.34. The Balaban J connectivity index is 5.71. The molecular weight excluding hydrogens is 352 g/mol. The molecule has 0 aliphatic carbocycles. The fraction of sp³-hybridized carbons (Fsp3) is 0.789. The van der Waals surface area contributed by atoms with Gasteiger partial charge in [-0.2, -0.15) is 0 Å². The number of alkyl halides is 1. The van der Waals surface area contributed by atoms with E-state index in [1.54, 1.807) is 0 Å². The molecular formula is C19H33BrOSi. The van der Waals surface area contributed by atoms with Crippen LogP contribution in [-0.2, 0) is 4.43 Å². The predicted octanol–water partition coefficient (Wildman–Crippen LogP) is 5.78. The summed E-state index contributed by atoms with van der Waals surface area (Å²) in [5.74, 6) is 9.71. The summed E-state index contributed by atoms with van der Waals surface area (Å²) < 4.78 is 6.65. The molecule has 0 aromatic carbocycles. The second-order valence-electron chi connectivity index (χ2n) is 8.57. The first-order valence-corrected chi connectivity index (χ1v) is 12.3. The average molecular weight is 385 g/mol. The third-order valence-electron chi connectivity index (χ3n) is 3.37. The Morgan fingerprint density at radius 1 is 1.09 bits per heavy atom. The quantitative estimate of drug-likeness (QED) is 0.307. The maximum absolute atomic E-state index is 6.65. The van der Waals surface area contributed by atoms with Gasteiger partial charge in [0.2, 0.25) is 0 Å². The van der Waals surface area contributed by atoms with E-state index in [4.69, 9.17) is 10.8 Å². The fourth-order valence-corrected chi connectivity index (χ4v) is 4.08. The molecule has 0 rings (SSSR count). The largest absolute Gasteiger partial charge is 0.400 e. The zero-order valence-corrected chi connectivity index (χ0v) is 18.3. The van der Waals surface area contributed by atoms with Gasteiger partial charge >= 0.3 is 0 Å². The smallest absolute Gasteiger partial charge is 0.199 e. The Hall–Kier alpha value is -0.223. The normalized spacial score (nSPS) is 15.5. The monoisotopic (exact) mass is 384 g/mol. The van der Waals surface area contributed by atoms with E-state index in [9.17, 15) is 0 Å². The molecule has 0 fully saturated rings. The van der Waals surface area contributed by atoms with Gasteiger partial charge in [-0.15, -0.1) is 12.3 Å². The maximum atomic E-state index is 6.65. The van der Waals surface area contributed by atoms with Crippen molar-refractivity contribution >= 4 is 24.2 Å². The lowest BCUT2D eigenvalue weighted by Gasteiger charge is -2.40. The van der Waals surface area contributed by atoms with Gasteiger partial charge in [0, 0.05) is 16.8 Å². The number of terminal acetylenes is 1. The van der Waals surface area contributed by atoms with Gasteiger partial charge in [-0.25, -0.2) is 0 Å². The van der Waals surface area contributed by atoms with Crippen molar-refractivity contribution in [3.8, 4) is 24.2 Å². The maximum Gasteiger partial charge on any atom is 0.199 e. The van der Waals surface area contributed by atoms with Gasteiger partial charge in [-0.05, 0) is 52.1 Å². The molecule has 0 aliphatic rings. The second kappa shape index (κ2) is 8.05. The van der Waals surface area contributed by atoms with Crippen molar-refractivity contribution in [2.24, 2.45) is 10.8 Å². The van der Waals surface area contributed by atoms with Gasteiger partial charge in [-0.3, -0.25) is 0 Å². The van der Waals surface area contributed by atoms with Crippen LogP contribution in [-0.4, -0.2) is 18.9 Å². The van der Waals surface area contributed by atoms with Crippen molar-refractivity contribution in [1.29, 1.82) is 0 Å². The molecule has 1 nitrogen and oxygen atoms in total. The molecule has 0 aliphatic heterocycles. The molecule has 0 bridgehead atoms. The highest BCUT2D eigenvalue weighted by atomic mass is 79.9. The molecule has 0 aromatic rings. The van der Waals surface area contributed by atoms with Crippen molar-refractivity contribution in [3.63, 3.8) is 0 Å². The first-order chi connectivity index (χ1) is 9.80. The van der Waals surface area contributed by atoms with Crippen molar-refractivity contribution < 1.29 is 4.43 Å². The van der Waals surface area contributed by atoms with E-state index < -0.39 is 13.9 Å². The topological polar surface area (TPSA) is 9.23 Å². The summed E-state index contributed by atoms with van der Waals surface area (Å²) in [6.45, 7) is 17.5. The Bertz CT molecular complexity index is 457. The van der Waals surface area contributed by atoms with E-state index in [1.807, 2.05) is 0 Å². The highest BCUT2D eigenvalue weighted by molar-refractivity contribution is 9.09. The molecule has 0 heterocycles. The highest BCUT2D eigenvalue weighted by Crippen LogP contribution is 2.37. The minimum atomic E-state index is -1.79. The van der Waals surface area contributed by atoms with Crippen LogP contribution in [0.2, 0.25) is 13.1 Å². The van der Waals surface area contributed by atoms with Crippen molar-refractivity contribution in [2.75, 3.05) is 4.95 Å². The van der Waals surface area contributed by atoms with E-state index in [2.05, 4.69) is 88.3 Å². The minimum absolute atomic E-state index is 0.0219. The minimum Gasteiger partial charge on any atom is -0.400 e. The van der Waals surface area contributed by atoms with Crippen LogP contribution in [0.4, 0.5) is 0 Å². The zero-order valence-electron chi connectivity index (χ0n) is 15.7. The van der Waals surface area contributed by atoms with Crippen LogP contribution in [0.5, 0.6) is 0 Å². The third kappa shape index (κ3) is 8.42. The van der Waals surface area contributed by atoms with Crippen LogP contribution in [0.1, 0.15) is 60.8 Å². The van der Waals surface area contributed by atoms with Gasteiger partial charge < -0.3 is 4.43 Å². The van der Waals surface area contributed by atoms with Gasteiger partial charge in [0.05, 0.1) is 0 Å². The lowest BCUT2D eigenvalue weighted by molar-refractivity contribution is 0.0652. The molecule has 0 saturated heterocycles. The molecule has 1 atom stereocenters. The fourth-order valence-electron chi connectivity index (χ4n) is 2.36. The van der Waals surface area contributed by atoms with E-state index in [1.165, 1.54) is 0 Å². The van der Waals surface area contributed by atoms with Crippen LogP contribution in [0, 0.1) is 35.0 Å². The Kier molecular flexibility index (Phi) is 7.97. The molecule has 0 spiro atoms. The third-order valence-corrected chi connectivity index (χ3v) is 9.01. The number of rotatable bonds is 7. The van der Waals surface area contributed by atoms with Gasteiger partial charge in [0.25, 0.3) is 0 Å². The Labute approximate surface area is 148 Å². The standard InChI is InChI=1S/C19H33BrOSi/c1-10-12-18(6,7)15-19(11-2,14-13-17(3,4)5)21-22(8,9)16-20/h1H,11-12,15-16H2,2-9H3. The Morgan fingerprint density at radius 3 is 2.00 bits per heavy atom. The van der Waals surface area contributed by atoms with E-state index in [0.717, 1.165) is 24.2 Å².